The van der Waals surface area contributed by atoms with Crippen LogP contribution in [0.2, 0.25) is 0 Å². The fraction of sp³-hybridized carbons (Fsp3) is 0.344. The Morgan fingerprint density at radius 2 is 1.90 bits per heavy atom. The van der Waals surface area contributed by atoms with E-state index in [-0.39, 0.29) is 29.9 Å². The van der Waals surface area contributed by atoms with Crippen molar-refractivity contribution in [3.63, 3.8) is 0 Å². The zero-order chi connectivity index (χ0) is 28.2. The molecule has 8 nitrogen and oxygen atoms in total. The number of hydrogen-bond donors (Lipinski definition) is 2. The second-order valence-electron chi connectivity index (χ2n) is 10.4. The summed E-state index contributed by atoms with van der Waals surface area (Å²) in [6.45, 7) is 6.43. The van der Waals surface area contributed by atoms with Crippen molar-refractivity contribution in [2.24, 2.45) is 15.7 Å². The smallest absolute Gasteiger partial charge is 0.257 e. The Bertz CT molecular complexity index is 1420. The first-order chi connectivity index (χ1) is 19.4. The second-order valence-corrected chi connectivity index (χ2v) is 10.4. The number of nitrogens with two attached hydrogens (primary N) is 1. The van der Waals surface area contributed by atoms with Crippen molar-refractivity contribution in [2.45, 2.75) is 38.3 Å². The van der Waals surface area contributed by atoms with Gasteiger partial charge in [-0.2, -0.15) is 0 Å². The Labute approximate surface area is 235 Å². The van der Waals surface area contributed by atoms with E-state index < -0.39 is 0 Å². The van der Waals surface area contributed by atoms with Gasteiger partial charge in [-0.05, 0) is 69.3 Å². The average molecular weight is 540 g/mol. The van der Waals surface area contributed by atoms with E-state index in [0.717, 1.165) is 47.7 Å². The van der Waals surface area contributed by atoms with Crippen molar-refractivity contribution in [1.29, 1.82) is 0 Å². The number of likely N-dealkylation sites (N-methyl/N-ethyl adjacent to an activating group) is 1. The molecule has 2 heterocycles. The Kier molecular flexibility index (Phi) is 8.16. The van der Waals surface area contributed by atoms with Gasteiger partial charge in [0.2, 0.25) is 0 Å². The number of amides is 1. The standard InChI is InChI=1S/C32H37N5O3/c1-5-40-29-17-24-25(18-28(29)39-4)30(35-27-15-16-37(3)19-26(24)27)22-11-13-23(14-12-22)31(38)36-32(33)34-20(2)21-9-7-6-8-10-21/h6-14,17-18,20,26-27H,5,15-16,19H2,1-4H3,(H3,33,34,36,38). The fourth-order valence-electron chi connectivity index (χ4n) is 5.56. The first-order valence-corrected chi connectivity index (χ1v) is 13.8. The monoisotopic (exact) mass is 539 g/mol. The number of carbonyl (C=O) groups excluding carboxylic acids is 1. The van der Waals surface area contributed by atoms with Gasteiger partial charge in [0.05, 0.1) is 31.5 Å². The van der Waals surface area contributed by atoms with Gasteiger partial charge in [0.15, 0.2) is 17.5 Å². The van der Waals surface area contributed by atoms with Gasteiger partial charge < -0.3 is 20.1 Å². The van der Waals surface area contributed by atoms with E-state index in [1.165, 1.54) is 5.56 Å². The second kappa shape index (κ2) is 11.9. The fourth-order valence-corrected chi connectivity index (χ4v) is 5.56. The number of piperidine rings is 1. The molecule has 3 aromatic carbocycles. The molecule has 0 spiro atoms. The number of nitrogens with one attached hydrogen (secondary N) is 1. The summed E-state index contributed by atoms with van der Waals surface area (Å²) in [7, 11) is 3.82. The molecule has 208 valence electrons. The van der Waals surface area contributed by atoms with Crippen LogP contribution in [-0.2, 0) is 0 Å². The highest BCUT2D eigenvalue weighted by molar-refractivity contribution is 6.15. The molecule has 3 unspecified atom stereocenters. The highest BCUT2D eigenvalue weighted by Crippen LogP contribution is 2.42. The third-order valence-electron chi connectivity index (χ3n) is 7.64. The summed E-state index contributed by atoms with van der Waals surface area (Å²) in [5, 5.41) is 2.71. The lowest BCUT2D eigenvalue weighted by Gasteiger charge is -2.39. The Morgan fingerprint density at radius 1 is 1.15 bits per heavy atom. The molecule has 40 heavy (non-hydrogen) atoms. The van der Waals surface area contributed by atoms with Gasteiger partial charge in [-0.25, -0.2) is 4.99 Å². The number of hydrogen-bond acceptors (Lipinski definition) is 6. The predicted molar refractivity (Wildman–Crippen MR) is 159 cm³/mol. The molecule has 0 radical (unpaired) electrons. The molecule has 3 N–H and O–H groups in total. The van der Waals surface area contributed by atoms with Gasteiger partial charge in [-0.15, -0.1) is 0 Å². The Morgan fingerprint density at radius 3 is 2.60 bits per heavy atom. The zero-order valence-corrected chi connectivity index (χ0v) is 23.6. The third kappa shape index (κ3) is 5.72. The lowest BCUT2D eigenvalue weighted by molar-refractivity contribution is 0.0976. The lowest BCUT2D eigenvalue weighted by atomic mass is 9.79. The van der Waals surface area contributed by atoms with Gasteiger partial charge in [0.25, 0.3) is 5.91 Å². The maximum absolute atomic E-state index is 12.9. The van der Waals surface area contributed by atoms with Crippen molar-refractivity contribution < 1.29 is 14.3 Å². The molecule has 0 aliphatic carbocycles. The number of rotatable bonds is 7. The van der Waals surface area contributed by atoms with E-state index in [1.807, 2.05) is 62.4 Å². The van der Waals surface area contributed by atoms with Crippen LogP contribution in [0.25, 0.3) is 0 Å². The first-order valence-electron chi connectivity index (χ1n) is 13.8. The minimum absolute atomic E-state index is 0.0847. The van der Waals surface area contributed by atoms with E-state index in [0.29, 0.717) is 17.9 Å². The number of guanidine groups is 1. The quantitative estimate of drug-likeness (QED) is 0.339. The van der Waals surface area contributed by atoms with E-state index in [1.54, 1.807) is 19.2 Å². The topological polar surface area (TPSA) is 102 Å². The molecular weight excluding hydrogens is 502 g/mol. The molecule has 3 aromatic rings. The number of ether oxygens (including phenoxy) is 2. The third-order valence-corrected chi connectivity index (χ3v) is 7.64. The van der Waals surface area contributed by atoms with Crippen molar-refractivity contribution in [3.05, 3.63) is 94.5 Å². The first kappa shape index (κ1) is 27.4. The van der Waals surface area contributed by atoms with Gasteiger partial charge in [-0.3, -0.25) is 15.1 Å². The molecule has 0 aromatic heterocycles. The Hall–Kier alpha value is -4.17. The van der Waals surface area contributed by atoms with Crippen LogP contribution in [0.5, 0.6) is 11.5 Å². The molecule has 0 bridgehead atoms. The van der Waals surface area contributed by atoms with Crippen LogP contribution in [0.3, 0.4) is 0 Å². The molecule has 0 saturated carbocycles. The average Bonchev–Trinajstić information content (AvgIpc) is 2.97. The number of methoxy groups -OCH3 is 1. The molecule has 8 heteroatoms. The number of fused-ring (bicyclic) bond motifs is 3. The number of likely N-dealkylation sites (tertiary alicyclic amines) is 1. The minimum Gasteiger partial charge on any atom is -0.493 e. The van der Waals surface area contributed by atoms with Gasteiger partial charge >= 0.3 is 0 Å². The molecule has 1 amide bonds. The molecule has 1 fully saturated rings. The summed E-state index contributed by atoms with van der Waals surface area (Å²) in [6, 6.07) is 21.5. The summed E-state index contributed by atoms with van der Waals surface area (Å²) in [4.78, 5) is 24.9. The SMILES string of the molecule is CCOc1cc2c(cc1OC)C(c1ccc(C(=O)NC(N)=NC(C)c3ccccc3)cc1)=NC1CCN(C)CC21. The van der Waals surface area contributed by atoms with E-state index in [9.17, 15) is 4.79 Å². The normalized spacial score (nSPS) is 19.6. The Balaban J connectivity index is 1.40. The van der Waals surface area contributed by atoms with Crippen LogP contribution >= 0.6 is 0 Å². The number of benzene rings is 3. The highest BCUT2D eigenvalue weighted by Gasteiger charge is 2.36. The summed E-state index contributed by atoms with van der Waals surface area (Å²) >= 11 is 0. The maximum atomic E-state index is 12.9. The van der Waals surface area contributed by atoms with Crippen molar-refractivity contribution >= 4 is 17.6 Å². The van der Waals surface area contributed by atoms with E-state index in [2.05, 4.69) is 28.3 Å². The summed E-state index contributed by atoms with van der Waals surface area (Å²) < 4.78 is 11.6. The van der Waals surface area contributed by atoms with Gasteiger partial charge in [0, 0.05) is 29.2 Å². The predicted octanol–water partition coefficient (Wildman–Crippen LogP) is 4.54. The van der Waals surface area contributed by atoms with Crippen LogP contribution in [0.15, 0.2) is 76.7 Å². The molecule has 2 aliphatic heterocycles. The highest BCUT2D eigenvalue weighted by atomic mass is 16.5. The van der Waals surface area contributed by atoms with Crippen LogP contribution in [0, 0.1) is 0 Å². The maximum Gasteiger partial charge on any atom is 0.257 e. The van der Waals surface area contributed by atoms with Crippen LogP contribution in [0.4, 0.5) is 0 Å². The molecule has 2 aliphatic rings. The van der Waals surface area contributed by atoms with Crippen molar-refractivity contribution in [2.75, 3.05) is 33.9 Å². The molecule has 5 rings (SSSR count). The van der Waals surface area contributed by atoms with E-state index >= 15 is 0 Å². The summed E-state index contributed by atoms with van der Waals surface area (Å²) in [5.41, 5.74) is 11.7. The van der Waals surface area contributed by atoms with Gasteiger partial charge in [0.1, 0.15) is 0 Å². The lowest BCUT2D eigenvalue weighted by Crippen LogP contribution is -2.41. The summed E-state index contributed by atoms with van der Waals surface area (Å²) in [6.07, 6.45) is 0.987. The van der Waals surface area contributed by atoms with Crippen LogP contribution < -0.4 is 20.5 Å². The van der Waals surface area contributed by atoms with Crippen LogP contribution in [0.1, 0.15) is 64.8 Å². The largest absolute Gasteiger partial charge is 0.493 e. The van der Waals surface area contributed by atoms with Gasteiger partial charge in [-0.1, -0.05) is 42.5 Å². The zero-order valence-electron chi connectivity index (χ0n) is 23.6. The molecular formula is C32H37N5O3. The molecule has 1 saturated heterocycles. The number of nitrogens with zero attached hydrogens (tertiary/aromatic N) is 3. The number of carbonyl (C=O) groups is 1. The van der Waals surface area contributed by atoms with Crippen molar-refractivity contribution in [1.82, 2.24) is 10.2 Å². The minimum atomic E-state index is -0.308. The number of aliphatic imine (C=N–C) groups is 2. The van der Waals surface area contributed by atoms with Crippen LogP contribution in [-0.4, -0.2) is 62.4 Å². The summed E-state index contributed by atoms with van der Waals surface area (Å²) in [5.74, 6) is 1.50. The van der Waals surface area contributed by atoms with E-state index in [4.69, 9.17) is 20.2 Å². The molecule has 3 atom stereocenters. The van der Waals surface area contributed by atoms with Crippen molar-refractivity contribution in [3.8, 4) is 11.5 Å².